The zero-order chi connectivity index (χ0) is 14.8. The zero-order valence-electron chi connectivity index (χ0n) is 11.8. The van der Waals surface area contributed by atoms with Crippen molar-refractivity contribution in [3.63, 3.8) is 0 Å². The number of carboxylic acid groups (broad SMARTS) is 1. The summed E-state index contributed by atoms with van der Waals surface area (Å²) in [5.41, 5.74) is 4.55. The number of benzene rings is 2. The molecular formula is C18H16O3. The molecular weight excluding hydrogens is 264 g/mol. The first kappa shape index (κ1) is 13.4. The second kappa shape index (κ2) is 5.44. The molecule has 0 saturated heterocycles. The van der Waals surface area contributed by atoms with Crippen LogP contribution < -0.4 is 4.74 Å². The molecule has 0 saturated carbocycles. The fraction of sp³-hybridized carbons (Fsp3) is 0.167. The number of hydrogen-bond donors (Lipinski definition) is 1. The van der Waals surface area contributed by atoms with Crippen LogP contribution in [0.4, 0.5) is 0 Å². The summed E-state index contributed by atoms with van der Waals surface area (Å²) in [5, 5.41) is 9.20. The number of rotatable bonds is 3. The van der Waals surface area contributed by atoms with Crippen LogP contribution in [0.2, 0.25) is 0 Å². The highest BCUT2D eigenvalue weighted by Crippen LogP contribution is 2.36. The van der Waals surface area contributed by atoms with E-state index >= 15 is 0 Å². The number of hydrogen-bond acceptors (Lipinski definition) is 2. The summed E-state index contributed by atoms with van der Waals surface area (Å²) >= 11 is 0. The summed E-state index contributed by atoms with van der Waals surface area (Å²) in [6.45, 7) is 0. The Kier molecular flexibility index (Phi) is 3.48. The lowest BCUT2D eigenvalue weighted by atomic mass is 9.85. The van der Waals surface area contributed by atoms with Gasteiger partial charge in [-0.15, -0.1) is 0 Å². The van der Waals surface area contributed by atoms with Crippen molar-refractivity contribution in [3.8, 4) is 5.75 Å². The standard InChI is InChI=1S/C18H16O3/c1-21-17-8-3-2-6-15(17)14-7-4-5-12-9-10-13(18(19)20)11-16(12)14/h2-3,6-11H,4-5H2,1H3,(H,19,20). The normalized spacial score (nSPS) is 13.3. The predicted octanol–water partition coefficient (Wildman–Crippen LogP) is 3.77. The van der Waals surface area contributed by atoms with Crippen molar-refractivity contribution in [1.82, 2.24) is 0 Å². The van der Waals surface area contributed by atoms with Gasteiger partial charge in [0.25, 0.3) is 0 Å². The van der Waals surface area contributed by atoms with Gasteiger partial charge in [0.1, 0.15) is 5.75 Å². The second-order valence-corrected chi connectivity index (χ2v) is 5.03. The van der Waals surface area contributed by atoms with Gasteiger partial charge >= 0.3 is 5.97 Å². The monoisotopic (exact) mass is 280 g/mol. The van der Waals surface area contributed by atoms with Gasteiger partial charge in [-0.2, -0.15) is 0 Å². The molecule has 0 spiro atoms. The molecule has 2 aromatic rings. The Balaban J connectivity index is 2.16. The average molecular weight is 280 g/mol. The first-order valence-electron chi connectivity index (χ1n) is 6.91. The van der Waals surface area contributed by atoms with E-state index in [1.54, 1.807) is 19.2 Å². The van der Waals surface area contributed by atoms with Crippen molar-refractivity contribution in [2.45, 2.75) is 12.8 Å². The van der Waals surface area contributed by atoms with Gasteiger partial charge in [-0.1, -0.05) is 30.3 Å². The molecule has 1 aliphatic rings. The molecule has 21 heavy (non-hydrogen) atoms. The van der Waals surface area contributed by atoms with Crippen LogP contribution in [0, 0.1) is 0 Å². The average Bonchev–Trinajstić information content (AvgIpc) is 2.53. The van der Waals surface area contributed by atoms with Gasteiger partial charge in [0.15, 0.2) is 0 Å². The molecule has 0 fully saturated rings. The molecule has 0 unspecified atom stereocenters. The number of para-hydroxylation sites is 1. The molecule has 3 nitrogen and oxygen atoms in total. The van der Waals surface area contributed by atoms with E-state index in [-0.39, 0.29) is 0 Å². The largest absolute Gasteiger partial charge is 0.496 e. The maximum absolute atomic E-state index is 11.2. The van der Waals surface area contributed by atoms with E-state index in [0.29, 0.717) is 5.56 Å². The Hall–Kier alpha value is -2.55. The lowest BCUT2D eigenvalue weighted by Gasteiger charge is -2.20. The minimum Gasteiger partial charge on any atom is -0.496 e. The smallest absolute Gasteiger partial charge is 0.335 e. The van der Waals surface area contributed by atoms with Crippen LogP contribution in [0.15, 0.2) is 48.5 Å². The molecule has 0 amide bonds. The molecule has 0 atom stereocenters. The molecule has 2 aromatic carbocycles. The molecule has 3 heteroatoms. The Labute approximate surface area is 123 Å². The third-order valence-electron chi connectivity index (χ3n) is 3.81. The summed E-state index contributed by atoms with van der Waals surface area (Å²) in [6, 6.07) is 13.2. The number of methoxy groups -OCH3 is 1. The lowest BCUT2D eigenvalue weighted by Crippen LogP contribution is -2.05. The quantitative estimate of drug-likeness (QED) is 0.931. The van der Waals surface area contributed by atoms with Crippen LogP contribution in [0.1, 0.15) is 33.5 Å². The van der Waals surface area contributed by atoms with Crippen molar-refractivity contribution in [2.75, 3.05) is 7.11 Å². The van der Waals surface area contributed by atoms with E-state index in [1.807, 2.05) is 30.3 Å². The molecule has 0 aliphatic heterocycles. The molecule has 0 heterocycles. The number of carboxylic acids is 1. The highest BCUT2D eigenvalue weighted by molar-refractivity contribution is 5.92. The summed E-state index contributed by atoms with van der Waals surface area (Å²) in [7, 11) is 1.65. The number of ether oxygens (including phenoxy) is 1. The van der Waals surface area contributed by atoms with E-state index in [9.17, 15) is 9.90 Å². The van der Waals surface area contributed by atoms with Gasteiger partial charge in [-0.3, -0.25) is 0 Å². The fourth-order valence-electron chi connectivity index (χ4n) is 2.78. The van der Waals surface area contributed by atoms with Gasteiger partial charge in [0.2, 0.25) is 0 Å². The molecule has 106 valence electrons. The van der Waals surface area contributed by atoms with Crippen LogP contribution in [0.3, 0.4) is 0 Å². The SMILES string of the molecule is COc1ccccc1C1=CCCc2ccc(C(=O)O)cc21. The molecule has 1 aliphatic carbocycles. The second-order valence-electron chi connectivity index (χ2n) is 5.03. The maximum Gasteiger partial charge on any atom is 0.335 e. The van der Waals surface area contributed by atoms with Gasteiger partial charge in [-0.05, 0) is 47.7 Å². The maximum atomic E-state index is 11.2. The van der Waals surface area contributed by atoms with Crippen LogP contribution >= 0.6 is 0 Å². The van der Waals surface area contributed by atoms with E-state index in [1.165, 1.54) is 5.56 Å². The fourth-order valence-corrected chi connectivity index (χ4v) is 2.78. The zero-order valence-corrected chi connectivity index (χ0v) is 11.8. The van der Waals surface area contributed by atoms with Crippen molar-refractivity contribution >= 4 is 11.5 Å². The number of fused-ring (bicyclic) bond motifs is 1. The Bertz CT molecular complexity index is 729. The van der Waals surface area contributed by atoms with Gasteiger partial charge in [-0.25, -0.2) is 4.79 Å². The van der Waals surface area contributed by atoms with Crippen LogP contribution in [0.5, 0.6) is 5.75 Å². The van der Waals surface area contributed by atoms with E-state index in [2.05, 4.69) is 6.08 Å². The van der Waals surface area contributed by atoms with Gasteiger partial charge < -0.3 is 9.84 Å². The van der Waals surface area contributed by atoms with Crippen molar-refractivity contribution in [3.05, 3.63) is 70.8 Å². The summed E-state index contributed by atoms with van der Waals surface area (Å²) in [4.78, 5) is 11.2. The predicted molar refractivity (Wildman–Crippen MR) is 81.8 cm³/mol. The molecule has 0 aromatic heterocycles. The minimum absolute atomic E-state index is 0.316. The van der Waals surface area contributed by atoms with E-state index in [0.717, 1.165) is 35.3 Å². The first-order chi connectivity index (χ1) is 10.2. The summed E-state index contributed by atoms with van der Waals surface area (Å²) in [6.07, 6.45) is 4.05. The van der Waals surface area contributed by atoms with Crippen LogP contribution in [-0.2, 0) is 6.42 Å². The summed E-state index contributed by atoms with van der Waals surface area (Å²) in [5.74, 6) is -0.0971. The highest BCUT2D eigenvalue weighted by atomic mass is 16.5. The lowest BCUT2D eigenvalue weighted by molar-refractivity contribution is 0.0697. The Morgan fingerprint density at radius 1 is 1.14 bits per heavy atom. The minimum atomic E-state index is -0.900. The number of aromatic carboxylic acids is 1. The first-order valence-corrected chi connectivity index (χ1v) is 6.91. The highest BCUT2D eigenvalue weighted by Gasteiger charge is 2.18. The Morgan fingerprint density at radius 3 is 2.71 bits per heavy atom. The topological polar surface area (TPSA) is 46.5 Å². The third-order valence-corrected chi connectivity index (χ3v) is 3.81. The molecule has 1 N–H and O–H groups in total. The number of allylic oxidation sites excluding steroid dienone is 1. The Morgan fingerprint density at radius 2 is 1.95 bits per heavy atom. The third kappa shape index (κ3) is 2.42. The van der Waals surface area contributed by atoms with Crippen LogP contribution in [0.25, 0.3) is 5.57 Å². The molecule has 3 rings (SSSR count). The summed E-state index contributed by atoms with van der Waals surface area (Å²) < 4.78 is 5.43. The van der Waals surface area contributed by atoms with Crippen molar-refractivity contribution in [1.29, 1.82) is 0 Å². The van der Waals surface area contributed by atoms with E-state index in [4.69, 9.17) is 4.74 Å². The van der Waals surface area contributed by atoms with Crippen molar-refractivity contribution < 1.29 is 14.6 Å². The van der Waals surface area contributed by atoms with Crippen LogP contribution in [-0.4, -0.2) is 18.2 Å². The molecule has 0 radical (unpaired) electrons. The molecule has 0 bridgehead atoms. The number of aryl methyl sites for hydroxylation is 1. The van der Waals surface area contributed by atoms with Gasteiger partial charge in [0.05, 0.1) is 12.7 Å². The van der Waals surface area contributed by atoms with E-state index < -0.39 is 5.97 Å². The van der Waals surface area contributed by atoms with Gasteiger partial charge in [0, 0.05) is 5.56 Å². The van der Waals surface area contributed by atoms with Crippen molar-refractivity contribution in [2.24, 2.45) is 0 Å². The number of carbonyl (C=O) groups is 1.